The molecular weight excluding hydrogens is 318 g/mol. The molecule has 0 radical (unpaired) electrons. The van der Waals surface area contributed by atoms with Gasteiger partial charge in [0.2, 0.25) is 5.91 Å². The lowest BCUT2D eigenvalue weighted by atomic mass is 9.96. The molecule has 0 aromatic heterocycles. The molecule has 1 saturated carbocycles. The summed E-state index contributed by atoms with van der Waals surface area (Å²) in [6, 6.07) is 12.8. The minimum Gasteiger partial charge on any atom is -0.324 e. The second kappa shape index (κ2) is 5.58. The number of benzene rings is 2. The summed E-state index contributed by atoms with van der Waals surface area (Å²) in [4.78, 5) is 38.2. The second-order valence-electron chi connectivity index (χ2n) is 6.87. The molecule has 2 aliphatic rings. The molecule has 1 saturated heterocycles. The highest BCUT2D eigenvalue weighted by atomic mass is 16.2. The molecule has 128 valence electrons. The molecule has 2 N–H and O–H groups in total. The molecule has 1 atom stereocenters. The maximum Gasteiger partial charge on any atom is 0.325 e. The van der Waals surface area contributed by atoms with Crippen molar-refractivity contribution in [3.63, 3.8) is 0 Å². The van der Waals surface area contributed by atoms with Crippen LogP contribution >= 0.6 is 0 Å². The van der Waals surface area contributed by atoms with Gasteiger partial charge in [-0.25, -0.2) is 4.79 Å². The van der Waals surface area contributed by atoms with Crippen molar-refractivity contribution in [3.8, 4) is 0 Å². The fourth-order valence-electron chi connectivity index (χ4n) is 3.46. The molecule has 1 aliphatic carbocycles. The molecule has 1 aliphatic heterocycles. The van der Waals surface area contributed by atoms with Crippen LogP contribution < -0.4 is 10.6 Å². The Morgan fingerprint density at radius 3 is 2.68 bits per heavy atom. The van der Waals surface area contributed by atoms with Crippen LogP contribution in [0.4, 0.5) is 10.5 Å². The molecule has 2 aromatic carbocycles. The third-order valence-corrected chi connectivity index (χ3v) is 5.06. The Morgan fingerprint density at radius 1 is 1.20 bits per heavy atom. The number of rotatable bonds is 4. The molecule has 6 heteroatoms. The zero-order valence-corrected chi connectivity index (χ0v) is 13.9. The zero-order chi connectivity index (χ0) is 17.6. The Kier molecular flexibility index (Phi) is 3.49. The normalized spacial score (nSPS) is 23.0. The van der Waals surface area contributed by atoms with Crippen molar-refractivity contribution >= 4 is 34.3 Å². The van der Waals surface area contributed by atoms with E-state index in [1.807, 2.05) is 36.4 Å². The molecule has 4 amide bonds. The zero-order valence-electron chi connectivity index (χ0n) is 13.9. The van der Waals surface area contributed by atoms with Gasteiger partial charge < -0.3 is 10.6 Å². The predicted molar refractivity (Wildman–Crippen MR) is 94.0 cm³/mol. The lowest BCUT2D eigenvalue weighted by Crippen LogP contribution is -2.46. The molecule has 4 rings (SSSR count). The van der Waals surface area contributed by atoms with Crippen molar-refractivity contribution in [2.24, 2.45) is 5.92 Å². The highest BCUT2D eigenvalue weighted by molar-refractivity contribution is 6.11. The molecule has 2 fully saturated rings. The minimum absolute atomic E-state index is 0.176. The quantitative estimate of drug-likeness (QED) is 0.842. The van der Waals surface area contributed by atoms with Crippen molar-refractivity contribution in [1.29, 1.82) is 0 Å². The van der Waals surface area contributed by atoms with Gasteiger partial charge in [0.25, 0.3) is 5.91 Å². The Bertz CT molecular complexity index is 885. The van der Waals surface area contributed by atoms with E-state index in [4.69, 9.17) is 0 Å². The predicted octanol–water partition coefficient (Wildman–Crippen LogP) is 2.50. The first-order chi connectivity index (χ1) is 12.0. The van der Waals surface area contributed by atoms with E-state index >= 15 is 0 Å². The fraction of sp³-hybridized carbons (Fsp3) is 0.316. The average molecular weight is 337 g/mol. The summed E-state index contributed by atoms with van der Waals surface area (Å²) in [7, 11) is 0. The number of nitrogens with zero attached hydrogens (tertiary/aromatic N) is 1. The van der Waals surface area contributed by atoms with E-state index < -0.39 is 11.6 Å². The lowest BCUT2D eigenvalue weighted by molar-refractivity contribution is -0.134. The molecule has 25 heavy (non-hydrogen) atoms. The molecule has 0 unspecified atom stereocenters. The van der Waals surface area contributed by atoms with Gasteiger partial charge in [-0.3, -0.25) is 14.5 Å². The Morgan fingerprint density at radius 2 is 1.92 bits per heavy atom. The van der Waals surface area contributed by atoms with Crippen LogP contribution in [0, 0.1) is 5.92 Å². The van der Waals surface area contributed by atoms with E-state index in [0.717, 1.165) is 28.5 Å². The average Bonchev–Trinajstić information content (AvgIpc) is 3.42. The summed E-state index contributed by atoms with van der Waals surface area (Å²) in [5.74, 6) is -0.525. The van der Waals surface area contributed by atoms with Gasteiger partial charge in [0.1, 0.15) is 12.1 Å². The Labute approximate surface area is 145 Å². The number of imide groups is 1. The van der Waals surface area contributed by atoms with Crippen molar-refractivity contribution in [2.45, 2.75) is 25.3 Å². The number of carbonyl (C=O) groups is 3. The monoisotopic (exact) mass is 337 g/mol. The summed E-state index contributed by atoms with van der Waals surface area (Å²) in [6.45, 7) is 1.46. The van der Waals surface area contributed by atoms with Gasteiger partial charge in [-0.1, -0.05) is 36.4 Å². The van der Waals surface area contributed by atoms with Gasteiger partial charge in [-0.15, -0.1) is 0 Å². The van der Waals surface area contributed by atoms with E-state index in [2.05, 4.69) is 10.6 Å². The van der Waals surface area contributed by atoms with Crippen LogP contribution in [0.25, 0.3) is 10.8 Å². The maximum absolute atomic E-state index is 12.6. The number of nitrogens with one attached hydrogen (secondary N) is 2. The van der Waals surface area contributed by atoms with Crippen LogP contribution in [0.2, 0.25) is 0 Å². The standard InChI is InChI=1S/C19H19N3O3/c1-19(13-9-10-13)17(24)22(18(25)21-19)11-16(23)20-15-8-4-6-12-5-2-3-7-14(12)15/h2-8,13H,9-11H2,1H3,(H,20,23)(H,21,25)/t19-/m1/s1. The number of fused-ring (bicyclic) bond motifs is 1. The van der Waals surface area contributed by atoms with Crippen molar-refractivity contribution in [1.82, 2.24) is 10.2 Å². The largest absolute Gasteiger partial charge is 0.325 e. The van der Waals surface area contributed by atoms with Crippen LogP contribution in [-0.2, 0) is 9.59 Å². The number of amides is 4. The third kappa shape index (κ3) is 2.63. The summed E-state index contributed by atoms with van der Waals surface area (Å²) >= 11 is 0. The van der Waals surface area contributed by atoms with E-state index in [9.17, 15) is 14.4 Å². The van der Waals surface area contributed by atoms with E-state index in [1.54, 1.807) is 13.0 Å². The summed E-state index contributed by atoms with van der Waals surface area (Å²) < 4.78 is 0. The minimum atomic E-state index is -0.864. The van der Waals surface area contributed by atoms with Gasteiger partial charge in [-0.2, -0.15) is 0 Å². The van der Waals surface area contributed by atoms with Crippen molar-refractivity contribution in [3.05, 3.63) is 42.5 Å². The van der Waals surface area contributed by atoms with Crippen LogP contribution in [0.3, 0.4) is 0 Å². The van der Waals surface area contributed by atoms with E-state index in [-0.39, 0.29) is 24.3 Å². The summed E-state index contributed by atoms with van der Waals surface area (Å²) in [5.41, 5.74) is -0.198. The van der Waals surface area contributed by atoms with Gasteiger partial charge >= 0.3 is 6.03 Å². The smallest absolute Gasteiger partial charge is 0.324 e. The number of anilines is 1. The Hall–Kier alpha value is -2.89. The van der Waals surface area contributed by atoms with E-state index in [1.165, 1.54) is 0 Å². The summed E-state index contributed by atoms with van der Waals surface area (Å²) in [6.07, 6.45) is 1.86. The van der Waals surface area contributed by atoms with Gasteiger partial charge in [0.15, 0.2) is 0 Å². The fourth-order valence-corrected chi connectivity index (χ4v) is 3.46. The first-order valence-electron chi connectivity index (χ1n) is 8.41. The first-order valence-corrected chi connectivity index (χ1v) is 8.41. The van der Waals surface area contributed by atoms with Crippen LogP contribution in [0.1, 0.15) is 19.8 Å². The van der Waals surface area contributed by atoms with Gasteiger partial charge in [0.05, 0.1) is 0 Å². The molecule has 1 heterocycles. The van der Waals surface area contributed by atoms with Gasteiger partial charge in [-0.05, 0) is 37.1 Å². The Balaban J connectivity index is 1.50. The maximum atomic E-state index is 12.6. The van der Waals surface area contributed by atoms with Crippen molar-refractivity contribution < 1.29 is 14.4 Å². The highest BCUT2D eigenvalue weighted by Gasteiger charge is 2.56. The van der Waals surface area contributed by atoms with Crippen LogP contribution in [0.5, 0.6) is 0 Å². The number of urea groups is 1. The second-order valence-corrected chi connectivity index (χ2v) is 6.87. The van der Waals surface area contributed by atoms with Crippen LogP contribution in [0.15, 0.2) is 42.5 Å². The third-order valence-electron chi connectivity index (χ3n) is 5.06. The molecule has 0 spiro atoms. The number of carbonyl (C=O) groups excluding carboxylic acids is 3. The highest BCUT2D eigenvalue weighted by Crippen LogP contribution is 2.42. The molecular formula is C19H19N3O3. The van der Waals surface area contributed by atoms with E-state index in [0.29, 0.717) is 5.69 Å². The first kappa shape index (κ1) is 15.6. The topological polar surface area (TPSA) is 78.5 Å². The number of hydrogen-bond donors (Lipinski definition) is 2. The SMILES string of the molecule is C[C@]1(C2CC2)NC(=O)N(CC(=O)Nc2cccc3ccccc23)C1=O. The van der Waals surface area contributed by atoms with Crippen LogP contribution in [-0.4, -0.2) is 34.8 Å². The summed E-state index contributed by atoms with van der Waals surface area (Å²) in [5, 5.41) is 7.49. The molecule has 0 bridgehead atoms. The molecule has 2 aromatic rings. The molecule has 6 nitrogen and oxygen atoms in total. The number of hydrogen-bond acceptors (Lipinski definition) is 3. The lowest BCUT2D eigenvalue weighted by Gasteiger charge is -2.20. The van der Waals surface area contributed by atoms with Gasteiger partial charge in [0, 0.05) is 11.1 Å². The van der Waals surface area contributed by atoms with Crippen molar-refractivity contribution in [2.75, 3.05) is 11.9 Å².